The van der Waals surface area contributed by atoms with Gasteiger partial charge in [-0.15, -0.1) is 0 Å². The van der Waals surface area contributed by atoms with Gasteiger partial charge in [0.15, 0.2) is 0 Å². The molecule has 0 spiro atoms. The van der Waals surface area contributed by atoms with Gasteiger partial charge in [-0.05, 0) is 0 Å². The number of nitro groups is 1. The molecule has 8 nitrogen and oxygen atoms in total. The molecule has 2 rings (SSSR count). The first-order valence-corrected chi connectivity index (χ1v) is 5.11. The van der Waals surface area contributed by atoms with E-state index in [1.54, 1.807) is 13.1 Å². The Labute approximate surface area is 101 Å². The molecule has 0 aliphatic carbocycles. The van der Waals surface area contributed by atoms with Crippen LogP contribution in [0.15, 0.2) is 29.3 Å². The van der Waals surface area contributed by atoms with Crippen LogP contribution >= 0.6 is 0 Å². The predicted molar refractivity (Wildman–Crippen MR) is 64.1 cm³/mol. The molecule has 1 heterocycles. The van der Waals surface area contributed by atoms with Crippen molar-refractivity contribution in [2.24, 2.45) is 7.05 Å². The number of rotatable bonds is 3. The molecule has 1 aromatic heterocycles. The number of para-hydroxylation sites is 1. The number of aromatic nitrogens is 3. The zero-order valence-electron chi connectivity index (χ0n) is 9.61. The van der Waals surface area contributed by atoms with Gasteiger partial charge in [0.2, 0.25) is 0 Å². The quantitative estimate of drug-likeness (QED) is 0.472. The molecule has 0 fully saturated rings. The van der Waals surface area contributed by atoms with Gasteiger partial charge in [-0.3, -0.25) is 14.7 Å². The maximum Gasteiger partial charge on any atom is 0.345 e. The van der Waals surface area contributed by atoms with Gasteiger partial charge in [0.05, 0.1) is 11.5 Å². The molecule has 0 aliphatic rings. The third kappa shape index (κ3) is 1.95. The highest BCUT2D eigenvalue weighted by molar-refractivity contribution is 5.62. The summed E-state index contributed by atoms with van der Waals surface area (Å²) in [5.41, 5.74) is 5.77. The summed E-state index contributed by atoms with van der Waals surface area (Å²) in [6.07, 6.45) is 1.37. The lowest BCUT2D eigenvalue weighted by Crippen LogP contribution is -2.23. The highest BCUT2D eigenvalue weighted by Gasteiger charge is 2.15. The van der Waals surface area contributed by atoms with Crippen LogP contribution in [0.3, 0.4) is 0 Å². The molecule has 18 heavy (non-hydrogen) atoms. The molecule has 94 valence electrons. The van der Waals surface area contributed by atoms with Crippen LogP contribution in [-0.2, 0) is 13.6 Å². The number of anilines is 1. The number of nitrogens with two attached hydrogens (primary N) is 1. The van der Waals surface area contributed by atoms with Crippen molar-refractivity contribution in [3.05, 3.63) is 50.7 Å². The summed E-state index contributed by atoms with van der Waals surface area (Å²) in [7, 11) is 1.57. The second-order valence-corrected chi connectivity index (χ2v) is 3.79. The summed E-state index contributed by atoms with van der Waals surface area (Å²) in [4.78, 5) is 21.8. The fourth-order valence-electron chi connectivity index (χ4n) is 1.59. The van der Waals surface area contributed by atoms with Crippen molar-refractivity contribution in [1.29, 1.82) is 0 Å². The number of hydrogen-bond donors (Lipinski definition) is 1. The number of aryl methyl sites for hydroxylation is 1. The molecule has 0 aliphatic heterocycles. The minimum atomic E-state index is -0.556. The van der Waals surface area contributed by atoms with E-state index in [1.807, 2.05) is 0 Å². The van der Waals surface area contributed by atoms with Crippen molar-refractivity contribution in [2.45, 2.75) is 6.54 Å². The van der Waals surface area contributed by atoms with E-state index in [2.05, 4.69) is 5.10 Å². The van der Waals surface area contributed by atoms with Crippen LogP contribution < -0.4 is 11.4 Å². The highest BCUT2D eigenvalue weighted by Crippen LogP contribution is 2.24. The fourth-order valence-corrected chi connectivity index (χ4v) is 1.59. The molecule has 0 saturated heterocycles. The topological polar surface area (TPSA) is 109 Å². The molecule has 0 atom stereocenters. The Balaban J connectivity index is 2.41. The first-order chi connectivity index (χ1) is 8.50. The van der Waals surface area contributed by atoms with Gasteiger partial charge in [-0.2, -0.15) is 5.10 Å². The van der Waals surface area contributed by atoms with E-state index in [-0.39, 0.29) is 23.6 Å². The minimum Gasteiger partial charge on any atom is -0.393 e. The van der Waals surface area contributed by atoms with Gasteiger partial charge in [0.1, 0.15) is 12.0 Å². The summed E-state index contributed by atoms with van der Waals surface area (Å²) in [6, 6.07) is 4.47. The van der Waals surface area contributed by atoms with Gasteiger partial charge in [-0.1, -0.05) is 12.1 Å². The molecule has 2 N–H and O–H groups in total. The lowest BCUT2D eigenvalue weighted by molar-refractivity contribution is -0.383. The largest absolute Gasteiger partial charge is 0.393 e. The molecule has 1 aromatic carbocycles. The number of benzene rings is 1. The van der Waals surface area contributed by atoms with E-state index in [1.165, 1.54) is 27.7 Å². The Bertz CT molecular complexity index is 658. The smallest absolute Gasteiger partial charge is 0.345 e. The highest BCUT2D eigenvalue weighted by atomic mass is 16.6. The van der Waals surface area contributed by atoms with Crippen LogP contribution in [0.2, 0.25) is 0 Å². The normalized spacial score (nSPS) is 10.5. The molecule has 0 unspecified atom stereocenters. The van der Waals surface area contributed by atoms with Crippen molar-refractivity contribution >= 4 is 11.4 Å². The SMILES string of the molecule is Cn1cnn(Cc2cccc([N+](=O)[O-])c2N)c1=O. The number of nitrogen functional groups attached to an aromatic ring is 1. The van der Waals surface area contributed by atoms with E-state index >= 15 is 0 Å². The summed E-state index contributed by atoms with van der Waals surface area (Å²) < 4.78 is 2.50. The Morgan fingerprint density at radius 1 is 1.50 bits per heavy atom. The number of nitrogens with zero attached hydrogens (tertiary/aromatic N) is 4. The molecule has 0 radical (unpaired) electrons. The van der Waals surface area contributed by atoms with Crippen LogP contribution in [0.1, 0.15) is 5.56 Å². The van der Waals surface area contributed by atoms with Crippen molar-refractivity contribution in [1.82, 2.24) is 14.3 Å². The van der Waals surface area contributed by atoms with Gasteiger partial charge in [0, 0.05) is 18.7 Å². The molecular weight excluding hydrogens is 238 g/mol. The summed E-state index contributed by atoms with van der Waals surface area (Å²) in [6.45, 7) is 0.104. The van der Waals surface area contributed by atoms with Crippen LogP contribution in [0.25, 0.3) is 0 Å². The lowest BCUT2D eigenvalue weighted by atomic mass is 10.1. The second-order valence-electron chi connectivity index (χ2n) is 3.79. The van der Waals surface area contributed by atoms with Crippen molar-refractivity contribution in [3.8, 4) is 0 Å². The Morgan fingerprint density at radius 2 is 2.22 bits per heavy atom. The van der Waals surface area contributed by atoms with Crippen LogP contribution in [0, 0.1) is 10.1 Å². The molecule has 2 aromatic rings. The maximum atomic E-state index is 11.6. The van der Waals surface area contributed by atoms with Gasteiger partial charge in [0.25, 0.3) is 5.69 Å². The van der Waals surface area contributed by atoms with Gasteiger partial charge >= 0.3 is 5.69 Å². The standard InChI is InChI=1S/C10H11N5O3/c1-13-6-12-14(10(13)16)5-7-3-2-4-8(9(7)11)15(17)18/h2-4,6H,5,11H2,1H3. The predicted octanol–water partition coefficient (Wildman–Crippen LogP) is 0.120. The average Bonchev–Trinajstić information content (AvgIpc) is 2.63. The Morgan fingerprint density at radius 3 is 2.78 bits per heavy atom. The summed E-state index contributed by atoms with van der Waals surface area (Å²) in [5.74, 6) is 0. The molecule has 0 saturated carbocycles. The zero-order chi connectivity index (χ0) is 13.3. The van der Waals surface area contributed by atoms with Crippen LogP contribution in [-0.4, -0.2) is 19.3 Å². The second kappa shape index (κ2) is 4.32. The average molecular weight is 249 g/mol. The summed E-state index contributed by atoms with van der Waals surface area (Å²) >= 11 is 0. The third-order valence-corrected chi connectivity index (χ3v) is 2.58. The number of hydrogen-bond acceptors (Lipinski definition) is 5. The lowest BCUT2D eigenvalue weighted by Gasteiger charge is -2.05. The molecule has 8 heteroatoms. The monoisotopic (exact) mass is 249 g/mol. The van der Waals surface area contributed by atoms with Gasteiger partial charge in [-0.25, -0.2) is 9.48 Å². The minimum absolute atomic E-state index is 0.0556. The summed E-state index contributed by atoms with van der Waals surface area (Å²) in [5, 5.41) is 14.6. The van der Waals surface area contributed by atoms with Crippen LogP contribution in [0.4, 0.5) is 11.4 Å². The van der Waals surface area contributed by atoms with E-state index in [0.717, 1.165) is 0 Å². The van der Waals surface area contributed by atoms with E-state index in [9.17, 15) is 14.9 Å². The molecular formula is C10H11N5O3. The van der Waals surface area contributed by atoms with E-state index < -0.39 is 4.92 Å². The zero-order valence-corrected chi connectivity index (χ0v) is 9.61. The Kier molecular flexibility index (Phi) is 2.84. The van der Waals surface area contributed by atoms with Crippen molar-refractivity contribution in [3.63, 3.8) is 0 Å². The first-order valence-electron chi connectivity index (χ1n) is 5.11. The maximum absolute atomic E-state index is 11.6. The van der Waals surface area contributed by atoms with E-state index in [4.69, 9.17) is 5.73 Å². The number of nitro benzene ring substituents is 1. The van der Waals surface area contributed by atoms with Crippen LogP contribution in [0.5, 0.6) is 0 Å². The Hall–Kier alpha value is -2.64. The molecule has 0 amide bonds. The third-order valence-electron chi connectivity index (χ3n) is 2.58. The van der Waals surface area contributed by atoms with E-state index in [0.29, 0.717) is 5.56 Å². The van der Waals surface area contributed by atoms with Crippen molar-refractivity contribution in [2.75, 3.05) is 5.73 Å². The fraction of sp³-hybridized carbons (Fsp3) is 0.200. The molecule has 0 bridgehead atoms. The van der Waals surface area contributed by atoms with Crippen molar-refractivity contribution < 1.29 is 4.92 Å². The van der Waals surface area contributed by atoms with Gasteiger partial charge < -0.3 is 5.73 Å². The first kappa shape index (κ1) is 11.8.